The molecule has 128 valence electrons. The molecule has 0 unspecified atom stereocenters. The average molecular weight is 330 g/mol. The van der Waals surface area contributed by atoms with Crippen molar-refractivity contribution in [2.24, 2.45) is 5.92 Å². The Morgan fingerprint density at radius 3 is 2.54 bits per heavy atom. The highest BCUT2D eigenvalue weighted by Gasteiger charge is 2.25. The molecule has 1 saturated heterocycles. The van der Waals surface area contributed by atoms with E-state index in [0.717, 1.165) is 24.8 Å². The predicted molar refractivity (Wildman–Crippen MR) is 90.5 cm³/mol. The van der Waals surface area contributed by atoms with E-state index in [-0.39, 0.29) is 12.7 Å². The summed E-state index contributed by atoms with van der Waals surface area (Å²) in [7, 11) is 5.23. The van der Waals surface area contributed by atoms with E-state index in [0.29, 0.717) is 25.4 Å². The van der Waals surface area contributed by atoms with E-state index >= 15 is 0 Å². The molecule has 0 aliphatic carbocycles. The molecule has 2 N–H and O–H groups in total. The van der Waals surface area contributed by atoms with Crippen LogP contribution in [0.5, 0.6) is 0 Å². The molecule has 0 aromatic heterocycles. The molecule has 0 spiro atoms. The molecule has 1 aliphatic heterocycles. The lowest BCUT2D eigenvalue weighted by Crippen LogP contribution is -2.40. The fraction of sp³-hybridized carbons (Fsp3) is 0.529. The van der Waals surface area contributed by atoms with Crippen LogP contribution in [0.4, 0.5) is 4.79 Å². The number of ether oxygens (including phenoxy) is 1. The Balaban J connectivity index is 1.68. The van der Waals surface area contributed by atoms with Gasteiger partial charge in [-0.3, -0.25) is 4.79 Å². The van der Waals surface area contributed by atoms with E-state index in [1.54, 1.807) is 4.90 Å². The molecule has 1 heterocycles. The molecule has 2 radical (unpaired) electrons. The molecule has 1 aromatic carbocycles. The van der Waals surface area contributed by atoms with Crippen LogP contribution in [0.2, 0.25) is 0 Å². The zero-order valence-corrected chi connectivity index (χ0v) is 13.7. The third-order valence-corrected chi connectivity index (χ3v) is 4.44. The summed E-state index contributed by atoms with van der Waals surface area (Å²) < 4.78 is 5.33. The molecule has 0 bridgehead atoms. The van der Waals surface area contributed by atoms with E-state index in [4.69, 9.17) is 17.8 Å². The number of carbonyl (C=O) groups is 2. The van der Waals surface area contributed by atoms with Gasteiger partial charge in [-0.05, 0) is 37.2 Å². The van der Waals surface area contributed by atoms with Crippen molar-refractivity contribution in [1.82, 2.24) is 10.1 Å². The van der Waals surface area contributed by atoms with Gasteiger partial charge in [0.15, 0.2) is 7.98 Å². The van der Waals surface area contributed by atoms with Crippen LogP contribution in [0.15, 0.2) is 30.3 Å². The number of carbonyl (C=O) groups excluding carboxylic acids is 1. The smallest absolute Gasteiger partial charge is 0.410 e. The van der Waals surface area contributed by atoms with Crippen molar-refractivity contribution >= 4 is 20.0 Å². The molecule has 24 heavy (non-hydrogen) atoms. The molecule has 0 saturated carbocycles. The minimum Gasteiger partial charge on any atom is -0.480 e. The molecule has 1 aliphatic rings. The molecule has 1 aromatic rings. The average Bonchev–Trinajstić information content (AvgIpc) is 2.61. The van der Waals surface area contributed by atoms with Gasteiger partial charge in [0.25, 0.3) is 0 Å². The van der Waals surface area contributed by atoms with Gasteiger partial charge in [0.1, 0.15) is 6.61 Å². The Labute approximate surface area is 143 Å². The van der Waals surface area contributed by atoms with Crippen molar-refractivity contribution in [3.63, 3.8) is 0 Å². The van der Waals surface area contributed by atoms with Crippen LogP contribution in [0, 0.1) is 5.92 Å². The summed E-state index contributed by atoms with van der Waals surface area (Å²) >= 11 is 0. The minimum atomic E-state index is -0.931. The van der Waals surface area contributed by atoms with Gasteiger partial charge in [0, 0.05) is 13.1 Å². The van der Waals surface area contributed by atoms with Crippen LogP contribution in [0.25, 0.3) is 0 Å². The van der Waals surface area contributed by atoms with E-state index in [1.165, 1.54) is 0 Å². The maximum Gasteiger partial charge on any atom is 0.410 e. The van der Waals surface area contributed by atoms with Gasteiger partial charge in [-0.2, -0.15) is 0 Å². The summed E-state index contributed by atoms with van der Waals surface area (Å²) in [5.41, 5.74) is 0.967. The largest absolute Gasteiger partial charge is 0.480 e. The number of rotatable bonds is 7. The topological polar surface area (TPSA) is 78.9 Å². The lowest BCUT2D eigenvalue weighted by molar-refractivity contribution is -0.139. The van der Waals surface area contributed by atoms with Crippen LogP contribution in [0.1, 0.15) is 31.2 Å². The molecule has 7 heteroatoms. The summed E-state index contributed by atoms with van der Waals surface area (Å²) in [4.78, 5) is 24.7. The van der Waals surface area contributed by atoms with Crippen molar-refractivity contribution in [3.05, 3.63) is 35.9 Å². The molecule has 6 nitrogen and oxygen atoms in total. The Hall–Kier alpha value is -2.02. The number of nitrogens with one attached hydrogen (secondary N) is 1. The lowest BCUT2D eigenvalue weighted by atomic mass is 9.90. The molecular weight excluding hydrogens is 307 g/mol. The monoisotopic (exact) mass is 330 g/mol. The summed E-state index contributed by atoms with van der Waals surface area (Å²) in [5, 5.41) is 11.3. The minimum absolute atomic E-state index is 0.280. The maximum absolute atomic E-state index is 12.1. The first-order valence-electron chi connectivity index (χ1n) is 8.24. The van der Waals surface area contributed by atoms with Crippen LogP contribution < -0.4 is 5.23 Å². The number of carboxylic acid groups (broad SMARTS) is 1. The van der Waals surface area contributed by atoms with Crippen molar-refractivity contribution in [2.45, 2.75) is 38.3 Å². The summed E-state index contributed by atoms with van der Waals surface area (Å²) in [6.45, 7) is 1.57. The SMILES string of the molecule is [B]N[C@@H](CCC1CCN(C(=O)OCc2ccccc2)CC1)C(=O)O. The lowest BCUT2D eigenvalue weighted by Gasteiger charge is -2.31. The first kappa shape index (κ1) is 18.3. The highest BCUT2D eigenvalue weighted by molar-refractivity contribution is 6.06. The van der Waals surface area contributed by atoms with E-state index in [1.807, 2.05) is 30.3 Å². The normalized spacial score (nSPS) is 16.6. The van der Waals surface area contributed by atoms with Gasteiger partial charge >= 0.3 is 12.1 Å². The van der Waals surface area contributed by atoms with Crippen molar-refractivity contribution < 1.29 is 19.4 Å². The zero-order valence-electron chi connectivity index (χ0n) is 13.7. The number of likely N-dealkylation sites (tertiary alicyclic amines) is 1. The molecule has 2 rings (SSSR count). The molecule has 1 atom stereocenters. The number of piperidine rings is 1. The Morgan fingerprint density at radius 2 is 1.96 bits per heavy atom. The van der Waals surface area contributed by atoms with Crippen molar-refractivity contribution in [1.29, 1.82) is 0 Å². The first-order chi connectivity index (χ1) is 11.6. The Kier molecular flexibility index (Phi) is 7.12. The fourth-order valence-corrected chi connectivity index (χ4v) is 2.90. The second kappa shape index (κ2) is 9.32. The maximum atomic E-state index is 12.1. The number of amides is 1. The number of nitrogens with zero attached hydrogens (tertiary/aromatic N) is 1. The number of carboxylic acids is 1. The number of hydrogen-bond donors (Lipinski definition) is 2. The zero-order chi connectivity index (χ0) is 17.4. The van der Waals surface area contributed by atoms with Gasteiger partial charge < -0.3 is 20.0 Å². The number of hydrogen-bond acceptors (Lipinski definition) is 4. The highest BCUT2D eigenvalue weighted by Crippen LogP contribution is 2.23. The van der Waals surface area contributed by atoms with E-state index < -0.39 is 12.0 Å². The number of aliphatic carboxylic acids is 1. The predicted octanol–water partition coefficient (Wildman–Crippen LogP) is 1.94. The van der Waals surface area contributed by atoms with Crippen LogP contribution in [-0.2, 0) is 16.1 Å². The van der Waals surface area contributed by atoms with Crippen LogP contribution in [-0.4, -0.2) is 49.2 Å². The summed E-state index contributed by atoms with van der Waals surface area (Å²) in [6, 6.07) is 8.88. The summed E-state index contributed by atoms with van der Waals surface area (Å²) in [6.07, 6.45) is 2.71. The van der Waals surface area contributed by atoms with E-state index in [2.05, 4.69) is 5.23 Å². The van der Waals surface area contributed by atoms with Gasteiger partial charge in [-0.1, -0.05) is 30.3 Å². The standard InChI is InChI=1S/C17H23BN2O4/c18-19-15(16(21)22)7-6-13-8-10-20(11-9-13)17(23)24-12-14-4-2-1-3-5-14/h1-5,13,15,19H,6-12H2,(H,21,22)/t15-/m0/s1. The van der Waals surface area contributed by atoms with Gasteiger partial charge in [-0.25, -0.2) is 4.79 Å². The highest BCUT2D eigenvalue weighted by atomic mass is 16.6. The van der Waals surface area contributed by atoms with Crippen LogP contribution >= 0.6 is 0 Å². The van der Waals surface area contributed by atoms with Crippen LogP contribution in [0.3, 0.4) is 0 Å². The quantitative estimate of drug-likeness (QED) is 0.747. The summed E-state index contributed by atoms with van der Waals surface area (Å²) in [5.74, 6) is -0.516. The van der Waals surface area contributed by atoms with Gasteiger partial charge in [0.2, 0.25) is 0 Å². The van der Waals surface area contributed by atoms with Crippen molar-refractivity contribution in [3.8, 4) is 0 Å². The Morgan fingerprint density at radius 1 is 1.29 bits per heavy atom. The van der Waals surface area contributed by atoms with E-state index in [9.17, 15) is 9.59 Å². The van der Waals surface area contributed by atoms with Gasteiger partial charge in [-0.15, -0.1) is 0 Å². The fourth-order valence-electron chi connectivity index (χ4n) is 2.90. The van der Waals surface area contributed by atoms with Crippen molar-refractivity contribution in [2.75, 3.05) is 13.1 Å². The second-order valence-electron chi connectivity index (χ2n) is 6.11. The second-order valence-corrected chi connectivity index (χ2v) is 6.11. The first-order valence-corrected chi connectivity index (χ1v) is 8.24. The molecule has 1 amide bonds. The Bertz CT molecular complexity index is 533. The third kappa shape index (κ3) is 5.56. The number of benzene rings is 1. The molecular formula is C17H23BN2O4. The van der Waals surface area contributed by atoms with Gasteiger partial charge in [0.05, 0.1) is 6.04 Å². The molecule has 1 fully saturated rings. The third-order valence-electron chi connectivity index (χ3n) is 4.44.